The summed E-state index contributed by atoms with van der Waals surface area (Å²) in [6.07, 6.45) is 3.68. The van der Waals surface area contributed by atoms with Gasteiger partial charge in [-0.05, 0) is 60.0 Å². The van der Waals surface area contributed by atoms with E-state index in [2.05, 4.69) is 124 Å². The zero-order valence-corrected chi connectivity index (χ0v) is 37.2. The molecule has 3 aromatic heterocycles. The molecule has 4 aromatic rings. The number of imidazole rings is 1. The SMILES string of the molecule is CC(C)(C)[Si](C)(C)OC[C@H]1O[C@@H](n2cnc3c(N)nc(-c4cnn(Cc5ccccc5)c4)nc32)[C@@H](O[Si](C)(C)C(C)(C)C)[C@@H]1O[Si](C)(C)C(C)(C)C. The number of hydrogen-bond donors (Lipinski definition) is 1. The van der Waals surface area contributed by atoms with Crippen LogP contribution in [-0.2, 0) is 24.6 Å². The summed E-state index contributed by atoms with van der Waals surface area (Å²) in [5.41, 5.74) is 9.60. The maximum Gasteiger partial charge on any atom is 0.192 e. The van der Waals surface area contributed by atoms with Gasteiger partial charge in [0.2, 0.25) is 0 Å². The number of anilines is 1. The molecule has 1 aliphatic rings. The van der Waals surface area contributed by atoms with Gasteiger partial charge in [0.05, 0.1) is 31.2 Å². The average Bonchev–Trinajstić information content (AvgIpc) is 3.73. The molecular formula is C38H63N7O4Si3. The Morgan fingerprint density at radius 3 is 1.94 bits per heavy atom. The Kier molecular flexibility index (Phi) is 11.0. The van der Waals surface area contributed by atoms with E-state index in [9.17, 15) is 0 Å². The molecule has 11 nitrogen and oxygen atoms in total. The first-order chi connectivity index (χ1) is 23.8. The van der Waals surface area contributed by atoms with Gasteiger partial charge in [-0.1, -0.05) is 92.6 Å². The van der Waals surface area contributed by atoms with Crippen molar-refractivity contribution in [2.24, 2.45) is 0 Å². The van der Waals surface area contributed by atoms with Gasteiger partial charge in [0.15, 0.2) is 48.5 Å². The number of hydrogen-bond acceptors (Lipinski definition) is 9. The van der Waals surface area contributed by atoms with Crippen LogP contribution in [0.5, 0.6) is 0 Å². The van der Waals surface area contributed by atoms with Crippen LogP contribution in [0.3, 0.4) is 0 Å². The Morgan fingerprint density at radius 2 is 1.37 bits per heavy atom. The fourth-order valence-corrected chi connectivity index (χ4v) is 9.08. The molecule has 14 heteroatoms. The number of nitrogen functional groups attached to an aromatic ring is 1. The average molecular weight is 766 g/mol. The largest absolute Gasteiger partial charge is 0.414 e. The van der Waals surface area contributed by atoms with Crippen LogP contribution in [0.1, 0.15) is 74.1 Å². The van der Waals surface area contributed by atoms with E-state index in [0.29, 0.717) is 36.0 Å². The lowest BCUT2D eigenvalue weighted by Gasteiger charge is -2.44. The molecule has 286 valence electrons. The number of nitrogens with two attached hydrogens (primary N) is 1. The zero-order chi connectivity index (χ0) is 38.7. The molecule has 0 unspecified atom stereocenters. The molecule has 1 fully saturated rings. The molecular weight excluding hydrogens is 703 g/mol. The van der Waals surface area contributed by atoms with Crippen molar-refractivity contribution in [3.8, 4) is 11.4 Å². The summed E-state index contributed by atoms with van der Waals surface area (Å²) in [7, 11) is -6.79. The second-order valence-electron chi connectivity index (χ2n) is 19.0. The van der Waals surface area contributed by atoms with E-state index in [1.165, 1.54) is 0 Å². The minimum atomic E-state index is -2.36. The molecule has 52 heavy (non-hydrogen) atoms. The van der Waals surface area contributed by atoms with E-state index in [4.69, 9.17) is 33.7 Å². The van der Waals surface area contributed by atoms with E-state index < -0.39 is 37.3 Å². The van der Waals surface area contributed by atoms with E-state index in [1.807, 2.05) is 33.6 Å². The number of fused-ring (bicyclic) bond motifs is 1. The van der Waals surface area contributed by atoms with Crippen LogP contribution in [0, 0.1) is 0 Å². The molecule has 2 N–H and O–H groups in total. The summed E-state index contributed by atoms with van der Waals surface area (Å²) < 4.78 is 32.6. The zero-order valence-electron chi connectivity index (χ0n) is 34.2. The van der Waals surface area contributed by atoms with E-state index in [0.717, 1.165) is 11.1 Å². The predicted octanol–water partition coefficient (Wildman–Crippen LogP) is 9.02. The summed E-state index contributed by atoms with van der Waals surface area (Å²) in [6, 6.07) is 10.2. The summed E-state index contributed by atoms with van der Waals surface area (Å²) in [5.74, 6) is 0.763. The van der Waals surface area contributed by atoms with Gasteiger partial charge in [0.1, 0.15) is 23.8 Å². The van der Waals surface area contributed by atoms with Crippen LogP contribution in [0.2, 0.25) is 54.4 Å². The lowest BCUT2D eigenvalue weighted by Crippen LogP contribution is -2.54. The second-order valence-corrected chi connectivity index (χ2v) is 33.3. The Bertz CT molecular complexity index is 1840. The highest BCUT2D eigenvalue weighted by molar-refractivity contribution is 6.75. The molecule has 0 saturated carbocycles. The molecule has 0 bridgehead atoms. The first-order valence-corrected chi connectivity index (χ1v) is 27.3. The molecule has 0 radical (unpaired) electrons. The van der Waals surface area contributed by atoms with Gasteiger partial charge >= 0.3 is 0 Å². The lowest BCUT2D eigenvalue weighted by atomic mass is 10.1. The minimum absolute atomic E-state index is 0.0271. The van der Waals surface area contributed by atoms with Crippen molar-refractivity contribution in [3.63, 3.8) is 0 Å². The molecule has 0 amide bonds. The maximum atomic E-state index is 7.38. The van der Waals surface area contributed by atoms with E-state index in [-0.39, 0.29) is 27.3 Å². The highest BCUT2D eigenvalue weighted by atomic mass is 28.4. The van der Waals surface area contributed by atoms with Gasteiger partial charge in [0.25, 0.3) is 0 Å². The predicted molar refractivity (Wildman–Crippen MR) is 218 cm³/mol. The molecule has 1 saturated heterocycles. The first kappa shape index (κ1) is 40.5. The normalized spacial score (nSPS) is 21.0. The number of aromatic nitrogens is 6. The third-order valence-corrected chi connectivity index (χ3v) is 25.4. The maximum absolute atomic E-state index is 7.38. The summed E-state index contributed by atoms with van der Waals surface area (Å²) in [4.78, 5) is 14.5. The minimum Gasteiger partial charge on any atom is -0.414 e. The Hall–Kier alpha value is -2.73. The quantitative estimate of drug-likeness (QED) is 0.149. The summed E-state index contributed by atoms with van der Waals surface area (Å²) in [5, 5.41) is 4.56. The molecule has 5 rings (SSSR count). The van der Waals surface area contributed by atoms with Crippen molar-refractivity contribution in [3.05, 3.63) is 54.6 Å². The van der Waals surface area contributed by atoms with E-state index >= 15 is 0 Å². The second kappa shape index (κ2) is 14.2. The van der Waals surface area contributed by atoms with Gasteiger partial charge in [-0.2, -0.15) is 5.10 Å². The molecule has 0 spiro atoms. The molecule has 0 aliphatic carbocycles. The standard InChI is InChI=1S/C38H63N7O4Si3/c1-36(2,3)50(10,11)46-24-28-30(48-51(12,13)37(4,5)6)31(49-52(14,15)38(7,8)9)35(47-28)45-25-40-29-32(39)42-33(43-34(29)45)27-21-41-44(23-27)22-26-19-17-16-18-20-26/h16-21,23,25,28,30-31,35H,22,24H2,1-15H3,(H2,39,42,43)/t28-,30-,31+,35-/m1/s1. The van der Waals surface area contributed by atoms with E-state index in [1.54, 1.807) is 12.5 Å². The Morgan fingerprint density at radius 1 is 0.788 bits per heavy atom. The highest BCUT2D eigenvalue weighted by Crippen LogP contribution is 2.47. The van der Waals surface area contributed by atoms with Gasteiger partial charge < -0.3 is 23.7 Å². The molecule has 4 atom stereocenters. The molecule has 1 aromatic carbocycles. The molecule has 4 heterocycles. The first-order valence-electron chi connectivity index (χ1n) is 18.5. The number of rotatable bonds is 11. The fourth-order valence-electron chi connectivity index (χ4n) is 5.46. The monoisotopic (exact) mass is 765 g/mol. The van der Waals surface area contributed by atoms with Crippen molar-refractivity contribution in [2.75, 3.05) is 12.3 Å². The van der Waals surface area contributed by atoms with Crippen LogP contribution < -0.4 is 5.73 Å². The van der Waals surface area contributed by atoms with Gasteiger partial charge in [-0.25, -0.2) is 15.0 Å². The number of nitrogens with zero attached hydrogens (tertiary/aromatic N) is 6. The van der Waals surface area contributed by atoms with Gasteiger partial charge in [-0.15, -0.1) is 0 Å². The summed E-state index contributed by atoms with van der Waals surface area (Å²) in [6.45, 7) is 35.1. The summed E-state index contributed by atoms with van der Waals surface area (Å²) >= 11 is 0. The number of ether oxygens (including phenoxy) is 1. The third-order valence-electron chi connectivity index (χ3n) is 12.0. The Balaban J connectivity index is 1.60. The fraction of sp³-hybridized carbons (Fsp3) is 0.632. The van der Waals surface area contributed by atoms with Crippen molar-refractivity contribution < 1.29 is 18.0 Å². The van der Waals surface area contributed by atoms with Crippen molar-refractivity contribution in [1.29, 1.82) is 0 Å². The topological polar surface area (TPSA) is 124 Å². The van der Waals surface area contributed by atoms with Crippen molar-refractivity contribution >= 4 is 41.9 Å². The van der Waals surface area contributed by atoms with Crippen molar-refractivity contribution in [1.82, 2.24) is 29.3 Å². The van der Waals surface area contributed by atoms with Crippen LogP contribution in [0.25, 0.3) is 22.6 Å². The number of benzene rings is 1. The highest BCUT2D eigenvalue weighted by Gasteiger charge is 2.55. The van der Waals surface area contributed by atoms with Crippen molar-refractivity contribution in [2.45, 2.75) is 148 Å². The molecule has 1 aliphatic heterocycles. The van der Waals surface area contributed by atoms with Gasteiger partial charge in [-0.3, -0.25) is 9.25 Å². The lowest BCUT2D eigenvalue weighted by molar-refractivity contribution is -0.0470. The van der Waals surface area contributed by atoms with Gasteiger partial charge in [0, 0.05) is 6.20 Å². The van der Waals surface area contributed by atoms with Crippen LogP contribution in [0.15, 0.2) is 49.1 Å². The smallest absolute Gasteiger partial charge is 0.192 e. The third kappa shape index (κ3) is 8.32. The van der Waals surface area contributed by atoms with Crippen LogP contribution >= 0.6 is 0 Å². The van der Waals surface area contributed by atoms with Crippen LogP contribution in [0.4, 0.5) is 5.82 Å². The van der Waals surface area contributed by atoms with Crippen LogP contribution in [-0.4, -0.2) is 79.2 Å². The Labute approximate surface area is 314 Å².